The molecule has 2 rings (SSSR count). The van der Waals surface area contributed by atoms with Crippen LogP contribution in [0.25, 0.3) is 10.2 Å². The molecular weight excluding hydrogens is 324 g/mol. The van der Waals surface area contributed by atoms with Gasteiger partial charge in [0.25, 0.3) is 5.91 Å². The van der Waals surface area contributed by atoms with Gasteiger partial charge in [-0.25, -0.2) is 0 Å². The Kier molecular flexibility index (Phi) is 5.37. The van der Waals surface area contributed by atoms with E-state index in [-0.39, 0.29) is 24.3 Å². The molecule has 0 spiro atoms. The molecule has 0 fully saturated rings. The molecular formula is C15H17ClN2O3S. The van der Waals surface area contributed by atoms with Crippen LogP contribution < -0.4 is 4.80 Å². The molecule has 0 unspecified atom stereocenters. The van der Waals surface area contributed by atoms with Gasteiger partial charge in [-0.3, -0.25) is 9.59 Å². The maximum absolute atomic E-state index is 11.9. The zero-order valence-corrected chi connectivity index (χ0v) is 14.2. The summed E-state index contributed by atoms with van der Waals surface area (Å²) in [4.78, 5) is 28.3. The maximum atomic E-state index is 11.9. The van der Waals surface area contributed by atoms with E-state index < -0.39 is 0 Å². The van der Waals surface area contributed by atoms with Gasteiger partial charge in [0.2, 0.25) is 0 Å². The van der Waals surface area contributed by atoms with Gasteiger partial charge < -0.3 is 9.30 Å². The molecule has 0 N–H and O–H groups in total. The highest BCUT2D eigenvalue weighted by Gasteiger charge is 2.15. The molecule has 5 nitrogen and oxygen atoms in total. The van der Waals surface area contributed by atoms with Crippen LogP contribution in [0, 0.1) is 5.92 Å². The van der Waals surface area contributed by atoms with Crippen molar-refractivity contribution in [3.63, 3.8) is 0 Å². The van der Waals surface area contributed by atoms with Crippen molar-refractivity contribution in [1.82, 2.24) is 4.57 Å². The lowest BCUT2D eigenvalue weighted by Gasteiger charge is -2.06. The van der Waals surface area contributed by atoms with Gasteiger partial charge in [0, 0.05) is 5.92 Å². The lowest BCUT2D eigenvalue weighted by molar-refractivity contribution is -0.143. The first-order valence-electron chi connectivity index (χ1n) is 6.96. The van der Waals surface area contributed by atoms with E-state index in [1.54, 1.807) is 31.4 Å². The third kappa shape index (κ3) is 3.56. The zero-order valence-electron chi connectivity index (χ0n) is 12.6. The van der Waals surface area contributed by atoms with Crippen LogP contribution in [-0.2, 0) is 20.9 Å². The Bertz CT molecular complexity index is 777. The highest BCUT2D eigenvalue weighted by atomic mass is 35.5. The summed E-state index contributed by atoms with van der Waals surface area (Å²) in [6.07, 6.45) is 0. The number of benzene rings is 1. The molecule has 7 heteroatoms. The normalized spacial score (nSPS) is 12.1. The summed E-state index contributed by atoms with van der Waals surface area (Å²) in [5, 5.41) is 0.511. The molecule has 118 valence electrons. The topological polar surface area (TPSA) is 60.7 Å². The minimum absolute atomic E-state index is 0.0260. The fourth-order valence-corrected chi connectivity index (χ4v) is 3.27. The molecule has 0 aliphatic carbocycles. The minimum Gasteiger partial charge on any atom is -0.465 e. The summed E-state index contributed by atoms with van der Waals surface area (Å²) >= 11 is 7.57. The number of carbonyl (C=O) groups excluding carboxylic acids is 2. The van der Waals surface area contributed by atoms with Crippen molar-refractivity contribution in [2.24, 2.45) is 10.9 Å². The monoisotopic (exact) mass is 340 g/mol. The second-order valence-corrected chi connectivity index (χ2v) is 6.38. The van der Waals surface area contributed by atoms with Gasteiger partial charge >= 0.3 is 5.97 Å². The Hall–Kier alpha value is -1.66. The average molecular weight is 341 g/mol. The Labute approximate surface area is 137 Å². The van der Waals surface area contributed by atoms with Crippen molar-refractivity contribution < 1.29 is 14.3 Å². The fraction of sp³-hybridized carbons (Fsp3) is 0.400. The predicted molar refractivity (Wildman–Crippen MR) is 86.9 cm³/mol. The number of hydrogen-bond acceptors (Lipinski definition) is 4. The lowest BCUT2D eigenvalue weighted by Crippen LogP contribution is -2.23. The van der Waals surface area contributed by atoms with Crippen LogP contribution in [0.5, 0.6) is 0 Å². The van der Waals surface area contributed by atoms with Crippen LogP contribution >= 0.6 is 22.9 Å². The number of hydrogen-bond donors (Lipinski definition) is 0. The SMILES string of the molecule is CCOC(=O)Cn1c(=NC(=O)C(C)C)sc2cccc(Cl)c21. The number of ether oxygens (including phenoxy) is 1. The molecule has 0 atom stereocenters. The van der Waals surface area contributed by atoms with Crippen LogP contribution in [0.4, 0.5) is 0 Å². The predicted octanol–water partition coefficient (Wildman–Crippen LogP) is 3.00. The quantitative estimate of drug-likeness (QED) is 0.804. The second kappa shape index (κ2) is 7.07. The molecule has 1 aromatic heterocycles. The number of halogens is 1. The second-order valence-electron chi connectivity index (χ2n) is 4.97. The number of amides is 1. The van der Waals surface area contributed by atoms with Gasteiger partial charge in [-0.15, -0.1) is 0 Å². The zero-order chi connectivity index (χ0) is 16.3. The van der Waals surface area contributed by atoms with Gasteiger partial charge in [0.15, 0.2) is 4.80 Å². The summed E-state index contributed by atoms with van der Waals surface area (Å²) in [7, 11) is 0. The number of carbonyl (C=O) groups is 2. The number of fused-ring (bicyclic) bond motifs is 1. The summed E-state index contributed by atoms with van der Waals surface area (Å²) in [6, 6.07) is 5.45. The first-order chi connectivity index (χ1) is 10.4. The van der Waals surface area contributed by atoms with E-state index in [0.717, 1.165) is 4.70 Å². The van der Waals surface area contributed by atoms with Gasteiger partial charge in [0.1, 0.15) is 6.54 Å². The van der Waals surface area contributed by atoms with Crippen LogP contribution in [0.2, 0.25) is 5.02 Å². The maximum Gasteiger partial charge on any atom is 0.326 e. The third-order valence-electron chi connectivity index (χ3n) is 2.94. The van der Waals surface area contributed by atoms with Crippen molar-refractivity contribution >= 4 is 45.0 Å². The average Bonchev–Trinajstić information content (AvgIpc) is 2.78. The highest BCUT2D eigenvalue weighted by molar-refractivity contribution is 7.16. The molecule has 0 aliphatic heterocycles. The van der Waals surface area contributed by atoms with Crippen LogP contribution in [0.1, 0.15) is 20.8 Å². The number of rotatable bonds is 4. The van der Waals surface area contributed by atoms with E-state index in [2.05, 4.69) is 4.99 Å². The number of aromatic nitrogens is 1. The Morgan fingerprint density at radius 1 is 1.41 bits per heavy atom. The number of nitrogens with zero attached hydrogens (tertiary/aromatic N) is 2. The van der Waals surface area contributed by atoms with Gasteiger partial charge in [-0.2, -0.15) is 4.99 Å². The summed E-state index contributed by atoms with van der Waals surface area (Å²) in [5.74, 6) is -0.836. The van der Waals surface area contributed by atoms with Crippen LogP contribution in [0.15, 0.2) is 23.2 Å². The van der Waals surface area contributed by atoms with Gasteiger partial charge in [0.05, 0.1) is 21.8 Å². The minimum atomic E-state index is -0.388. The number of esters is 1. The van der Waals surface area contributed by atoms with E-state index in [1.807, 2.05) is 12.1 Å². The van der Waals surface area contributed by atoms with E-state index in [1.165, 1.54) is 11.3 Å². The van der Waals surface area contributed by atoms with Gasteiger partial charge in [-0.05, 0) is 19.1 Å². The van der Waals surface area contributed by atoms with E-state index in [9.17, 15) is 9.59 Å². The molecule has 1 aromatic carbocycles. The molecule has 0 bridgehead atoms. The Balaban J connectivity index is 2.62. The standard InChI is InChI=1S/C15H17ClN2O3S/c1-4-21-12(19)8-18-13-10(16)6-5-7-11(13)22-15(18)17-14(20)9(2)3/h5-7,9H,4,8H2,1-3H3. The number of thiazole rings is 1. The van der Waals surface area contributed by atoms with Crippen LogP contribution in [0.3, 0.4) is 0 Å². The largest absolute Gasteiger partial charge is 0.465 e. The molecule has 1 heterocycles. The first kappa shape index (κ1) is 16.7. The molecule has 2 aromatic rings. The van der Waals surface area contributed by atoms with E-state index in [0.29, 0.717) is 21.9 Å². The number of para-hydroxylation sites is 1. The summed E-state index contributed by atoms with van der Waals surface area (Å²) in [5.41, 5.74) is 0.692. The fourth-order valence-electron chi connectivity index (χ4n) is 1.88. The van der Waals surface area contributed by atoms with E-state index >= 15 is 0 Å². The molecule has 0 saturated carbocycles. The summed E-state index contributed by atoms with van der Waals surface area (Å²) < 4.78 is 7.49. The van der Waals surface area contributed by atoms with Crippen molar-refractivity contribution in [2.45, 2.75) is 27.3 Å². The van der Waals surface area contributed by atoms with Crippen LogP contribution in [-0.4, -0.2) is 23.1 Å². The van der Waals surface area contributed by atoms with Crippen molar-refractivity contribution in [1.29, 1.82) is 0 Å². The Morgan fingerprint density at radius 2 is 2.14 bits per heavy atom. The third-order valence-corrected chi connectivity index (χ3v) is 4.29. The molecule has 0 radical (unpaired) electrons. The first-order valence-corrected chi connectivity index (χ1v) is 8.15. The highest BCUT2D eigenvalue weighted by Crippen LogP contribution is 2.25. The van der Waals surface area contributed by atoms with Crippen molar-refractivity contribution in [2.75, 3.05) is 6.61 Å². The molecule has 1 amide bonds. The van der Waals surface area contributed by atoms with Crippen molar-refractivity contribution in [3.05, 3.63) is 28.0 Å². The lowest BCUT2D eigenvalue weighted by atomic mass is 10.2. The van der Waals surface area contributed by atoms with E-state index in [4.69, 9.17) is 16.3 Å². The molecule has 0 aliphatic rings. The smallest absolute Gasteiger partial charge is 0.326 e. The van der Waals surface area contributed by atoms with Crippen molar-refractivity contribution in [3.8, 4) is 0 Å². The molecule has 0 saturated heterocycles. The summed E-state index contributed by atoms with van der Waals surface area (Å²) in [6.45, 7) is 5.58. The molecule has 22 heavy (non-hydrogen) atoms. The Morgan fingerprint density at radius 3 is 2.77 bits per heavy atom. The van der Waals surface area contributed by atoms with Gasteiger partial charge in [-0.1, -0.05) is 42.9 Å².